The SMILES string of the molecule is Cc1nccc(C(=O)CCc2ccc3c(c2)CCO3)n1. The van der Waals surface area contributed by atoms with Crippen molar-refractivity contribution in [1.29, 1.82) is 0 Å². The number of ether oxygens (including phenoxy) is 1. The smallest absolute Gasteiger partial charge is 0.181 e. The number of benzene rings is 1. The van der Waals surface area contributed by atoms with Crippen LogP contribution in [-0.2, 0) is 12.8 Å². The Hall–Kier alpha value is -2.23. The molecule has 2 heterocycles. The van der Waals surface area contributed by atoms with Crippen molar-refractivity contribution in [2.24, 2.45) is 0 Å². The second-order valence-electron chi connectivity index (χ2n) is 4.95. The molecule has 0 N–H and O–H groups in total. The molecular formula is C16H16N2O2. The molecule has 1 aromatic carbocycles. The average molecular weight is 268 g/mol. The molecule has 0 bridgehead atoms. The van der Waals surface area contributed by atoms with E-state index >= 15 is 0 Å². The van der Waals surface area contributed by atoms with Crippen LogP contribution < -0.4 is 4.74 Å². The number of rotatable bonds is 4. The minimum atomic E-state index is 0.0623. The van der Waals surface area contributed by atoms with Gasteiger partial charge in [-0.15, -0.1) is 0 Å². The van der Waals surface area contributed by atoms with Gasteiger partial charge in [0.1, 0.15) is 17.3 Å². The zero-order chi connectivity index (χ0) is 13.9. The summed E-state index contributed by atoms with van der Waals surface area (Å²) in [7, 11) is 0. The van der Waals surface area contributed by atoms with Gasteiger partial charge in [0, 0.05) is 19.0 Å². The molecule has 0 amide bonds. The summed E-state index contributed by atoms with van der Waals surface area (Å²) in [6, 6.07) is 7.84. The van der Waals surface area contributed by atoms with Gasteiger partial charge in [0.2, 0.25) is 0 Å². The van der Waals surface area contributed by atoms with E-state index in [1.54, 1.807) is 19.2 Å². The molecule has 2 aromatic rings. The van der Waals surface area contributed by atoms with Crippen molar-refractivity contribution in [3.8, 4) is 5.75 Å². The van der Waals surface area contributed by atoms with Crippen LogP contribution in [0.2, 0.25) is 0 Å². The van der Waals surface area contributed by atoms with E-state index in [0.717, 1.165) is 25.2 Å². The van der Waals surface area contributed by atoms with Gasteiger partial charge >= 0.3 is 0 Å². The van der Waals surface area contributed by atoms with Crippen LogP contribution in [0.15, 0.2) is 30.5 Å². The number of aromatic nitrogens is 2. The standard InChI is InChI=1S/C16H16N2O2/c1-11-17-8-6-14(18-11)15(19)4-2-12-3-5-16-13(10-12)7-9-20-16/h3,5-6,8,10H,2,4,7,9H2,1H3. The van der Waals surface area contributed by atoms with Crippen LogP contribution >= 0.6 is 0 Å². The maximum atomic E-state index is 12.1. The highest BCUT2D eigenvalue weighted by Gasteiger charge is 2.13. The fourth-order valence-corrected chi connectivity index (χ4v) is 2.39. The Morgan fingerprint density at radius 1 is 1.35 bits per heavy atom. The van der Waals surface area contributed by atoms with E-state index < -0.39 is 0 Å². The van der Waals surface area contributed by atoms with Crippen molar-refractivity contribution >= 4 is 5.78 Å². The normalized spacial score (nSPS) is 12.8. The number of hydrogen-bond donors (Lipinski definition) is 0. The second-order valence-corrected chi connectivity index (χ2v) is 4.95. The largest absolute Gasteiger partial charge is 0.493 e. The van der Waals surface area contributed by atoms with Gasteiger partial charge < -0.3 is 4.74 Å². The maximum Gasteiger partial charge on any atom is 0.181 e. The van der Waals surface area contributed by atoms with Gasteiger partial charge in [-0.25, -0.2) is 9.97 Å². The Labute approximate surface area is 117 Å². The molecule has 1 aliphatic rings. The molecular weight excluding hydrogens is 252 g/mol. The number of carbonyl (C=O) groups is 1. The summed E-state index contributed by atoms with van der Waals surface area (Å²) in [5, 5.41) is 0. The molecule has 0 fully saturated rings. The van der Waals surface area contributed by atoms with Gasteiger partial charge in [0.15, 0.2) is 5.78 Å². The lowest BCUT2D eigenvalue weighted by Gasteiger charge is -2.04. The predicted molar refractivity (Wildman–Crippen MR) is 75.1 cm³/mol. The monoisotopic (exact) mass is 268 g/mol. The molecule has 0 saturated carbocycles. The number of ketones is 1. The molecule has 4 nitrogen and oxygen atoms in total. The van der Waals surface area contributed by atoms with Crippen molar-refractivity contribution in [3.05, 3.63) is 53.1 Å². The van der Waals surface area contributed by atoms with Gasteiger partial charge in [-0.05, 0) is 36.6 Å². The molecule has 0 atom stereocenters. The fourth-order valence-electron chi connectivity index (χ4n) is 2.39. The molecule has 0 aliphatic carbocycles. The minimum Gasteiger partial charge on any atom is -0.493 e. The first-order chi connectivity index (χ1) is 9.72. The first kappa shape index (κ1) is 12.8. The first-order valence-corrected chi connectivity index (χ1v) is 6.80. The average Bonchev–Trinajstić information content (AvgIpc) is 2.92. The summed E-state index contributed by atoms with van der Waals surface area (Å²) in [4.78, 5) is 20.3. The highest BCUT2D eigenvalue weighted by Crippen LogP contribution is 2.26. The van der Waals surface area contributed by atoms with Crippen LogP contribution in [0.1, 0.15) is 33.9 Å². The minimum absolute atomic E-state index is 0.0623. The third kappa shape index (κ3) is 2.69. The van der Waals surface area contributed by atoms with E-state index in [1.165, 1.54) is 11.1 Å². The van der Waals surface area contributed by atoms with Crippen LogP contribution in [-0.4, -0.2) is 22.4 Å². The highest BCUT2D eigenvalue weighted by atomic mass is 16.5. The van der Waals surface area contributed by atoms with Crippen LogP contribution in [0.25, 0.3) is 0 Å². The lowest BCUT2D eigenvalue weighted by molar-refractivity contribution is 0.0977. The van der Waals surface area contributed by atoms with Crippen LogP contribution in [0.3, 0.4) is 0 Å². The molecule has 3 rings (SSSR count). The van der Waals surface area contributed by atoms with Gasteiger partial charge in [-0.3, -0.25) is 4.79 Å². The third-order valence-electron chi connectivity index (χ3n) is 3.46. The Balaban J connectivity index is 1.66. The first-order valence-electron chi connectivity index (χ1n) is 6.80. The lowest BCUT2D eigenvalue weighted by Crippen LogP contribution is -2.05. The van der Waals surface area contributed by atoms with E-state index in [1.807, 2.05) is 12.1 Å². The second kappa shape index (κ2) is 5.41. The molecule has 0 saturated heterocycles. The van der Waals surface area contributed by atoms with E-state index in [2.05, 4.69) is 16.0 Å². The van der Waals surface area contributed by atoms with Crippen molar-refractivity contribution in [1.82, 2.24) is 9.97 Å². The van der Waals surface area contributed by atoms with Crippen molar-refractivity contribution in [3.63, 3.8) is 0 Å². The van der Waals surface area contributed by atoms with Crippen LogP contribution in [0, 0.1) is 6.92 Å². The molecule has 4 heteroatoms. The Bertz CT molecular complexity index is 653. The zero-order valence-electron chi connectivity index (χ0n) is 11.4. The summed E-state index contributed by atoms with van der Waals surface area (Å²) < 4.78 is 5.48. The van der Waals surface area contributed by atoms with Crippen LogP contribution in [0.5, 0.6) is 5.75 Å². The molecule has 1 aromatic heterocycles. The zero-order valence-corrected chi connectivity index (χ0v) is 11.4. The summed E-state index contributed by atoms with van der Waals surface area (Å²) in [6.45, 7) is 2.55. The summed E-state index contributed by atoms with van der Waals surface area (Å²) >= 11 is 0. The number of carbonyl (C=O) groups excluding carboxylic acids is 1. The summed E-state index contributed by atoms with van der Waals surface area (Å²) in [5.74, 6) is 1.67. The highest BCUT2D eigenvalue weighted by molar-refractivity contribution is 5.94. The van der Waals surface area contributed by atoms with E-state index in [0.29, 0.717) is 17.9 Å². The molecule has 0 spiro atoms. The number of aryl methyl sites for hydroxylation is 2. The number of fused-ring (bicyclic) bond motifs is 1. The number of hydrogen-bond acceptors (Lipinski definition) is 4. The molecule has 102 valence electrons. The topological polar surface area (TPSA) is 52.1 Å². The van der Waals surface area contributed by atoms with Gasteiger partial charge in [0.05, 0.1) is 6.61 Å². The fraction of sp³-hybridized carbons (Fsp3) is 0.312. The third-order valence-corrected chi connectivity index (χ3v) is 3.46. The summed E-state index contributed by atoms with van der Waals surface area (Å²) in [5.41, 5.74) is 2.92. The van der Waals surface area contributed by atoms with Crippen molar-refractivity contribution in [2.45, 2.75) is 26.2 Å². The molecule has 0 radical (unpaired) electrons. The Kier molecular flexibility index (Phi) is 3.46. The Morgan fingerprint density at radius 3 is 3.10 bits per heavy atom. The van der Waals surface area contributed by atoms with Crippen molar-refractivity contribution < 1.29 is 9.53 Å². The summed E-state index contributed by atoms with van der Waals surface area (Å²) in [6.07, 6.45) is 3.79. The lowest BCUT2D eigenvalue weighted by atomic mass is 10.0. The molecule has 1 aliphatic heterocycles. The van der Waals surface area contributed by atoms with E-state index in [9.17, 15) is 4.79 Å². The Morgan fingerprint density at radius 2 is 2.25 bits per heavy atom. The maximum absolute atomic E-state index is 12.1. The number of nitrogens with zero attached hydrogens (tertiary/aromatic N) is 2. The van der Waals surface area contributed by atoms with E-state index in [-0.39, 0.29) is 5.78 Å². The van der Waals surface area contributed by atoms with Gasteiger partial charge in [-0.2, -0.15) is 0 Å². The van der Waals surface area contributed by atoms with Gasteiger partial charge in [0.25, 0.3) is 0 Å². The molecule has 20 heavy (non-hydrogen) atoms. The predicted octanol–water partition coefficient (Wildman–Crippen LogP) is 2.54. The quantitative estimate of drug-likeness (QED) is 0.800. The van der Waals surface area contributed by atoms with Crippen molar-refractivity contribution in [2.75, 3.05) is 6.61 Å². The van der Waals surface area contributed by atoms with Crippen LogP contribution in [0.4, 0.5) is 0 Å². The molecule has 0 unspecified atom stereocenters. The van der Waals surface area contributed by atoms with Gasteiger partial charge in [-0.1, -0.05) is 12.1 Å². The van der Waals surface area contributed by atoms with E-state index in [4.69, 9.17) is 4.74 Å². The number of Topliss-reactive ketones (excluding diaryl/α,β-unsaturated/α-hetero) is 1.